The first kappa shape index (κ1) is 22.0. The maximum Gasteiger partial charge on any atom is 0.234 e. The van der Waals surface area contributed by atoms with Gasteiger partial charge >= 0.3 is 0 Å². The predicted octanol–water partition coefficient (Wildman–Crippen LogP) is 4.91. The standard InChI is InChI=1S/C21H20F2N4OS2/c1-2-11-27-19(13-29-12-15-7-9-16(22)10-8-15)25-26-21(27)30-14-20(28)24-18-6-4-3-5-17(18)23/h2-10H,1,11-14H2,(H,24,28). The molecular weight excluding hydrogens is 426 g/mol. The Kier molecular flexibility index (Phi) is 8.04. The van der Waals surface area contributed by atoms with Gasteiger partial charge in [-0.2, -0.15) is 0 Å². The van der Waals surface area contributed by atoms with Crippen molar-refractivity contribution in [3.63, 3.8) is 0 Å². The summed E-state index contributed by atoms with van der Waals surface area (Å²) in [6.07, 6.45) is 1.74. The Morgan fingerprint density at radius 3 is 2.60 bits per heavy atom. The Labute approximate surface area is 182 Å². The molecule has 1 aromatic heterocycles. The molecule has 5 nitrogen and oxygen atoms in total. The molecule has 0 saturated carbocycles. The number of aromatic nitrogens is 3. The number of allylic oxidation sites excluding steroid dienone is 1. The number of nitrogens with zero attached hydrogens (tertiary/aromatic N) is 3. The quantitative estimate of drug-likeness (QED) is 0.354. The lowest BCUT2D eigenvalue weighted by atomic mass is 10.2. The zero-order valence-electron chi connectivity index (χ0n) is 16.1. The maximum absolute atomic E-state index is 13.7. The van der Waals surface area contributed by atoms with Crippen molar-refractivity contribution in [2.75, 3.05) is 11.1 Å². The average Bonchev–Trinajstić information content (AvgIpc) is 3.12. The molecular formula is C21H20F2N4OS2. The van der Waals surface area contributed by atoms with Gasteiger partial charge in [0, 0.05) is 12.3 Å². The number of carbonyl (C=O) groups excluding carboxylic acids is 1. The van der Waals surface area contributed by atoms with Crippen LogP contribution in [-0.4, -0.2) is 26.4 Å². The average molecular weight is 447 g/mol. The molecule has 0 spiro atoms. The fourth-order valence-corrected chi connectivity index (χ4v) is 4.26. The molecule has 9 heteroatoms. The molecule has 0 aliphatic carbocycles. The van der Waals surface area contributed by atoms with Gasteiger partial charge in [0.1, 0.15) is 17.5 Å². The second-order valence-corrected chi connectivity index (χ2v) is 8.16. The van der Waals surface area contributed by atoms with Crippen molar-refractivity contribution in [2.24, 2.45) is 0 Å². The molecule has 0 radical (unpaired) electrons. The van der Waals surface area contributed by atoms with Gasteiger partial charge in [-0.05, 0) is 29.8 Å². The van der Waals surface area contributed by atoms with Crippen molar-refractivity contribution >= 4 is 35.1 Å². The zero-order chi connectivity index (χ0) is 21.3. The van der Waals surface area contributed by atoms with Gasteiger partial charge in [-0.15, -0.1) is 28.5 Å². The van der Waals surface area contributed by atoms with Crippen LogP contribution in [0.4, 0.5) is 14.5 Å². The lowest BCUT2D eigenvalue weighted by Crippen LogP contribution is -2.15. The molecule has 1 amide bonds. The second kappa shape index (κ2) is 10.9. The largest absolute Gasteiger partial charge is 0.323 e. The first-order valence-electron chi connectivity index (χ1n) is 9.09. The lowest BCUT2D eigenvalue weighted by molar-refractivity contribution is -0.113. The van der Waals surface area contributed by atoms with E-state index < -0.39 is 5.82 Å². The van der Waals surface area contributed by atoms with E-state index in [4.69, 9.17) is 0 Å². The minimum Gasteiger partial charge on any atom is -0.323 e. The molecule has 0 aliphatic rings. The minimum atomic E-state index is -0.480. The molecule has 0 unspecified atom stereocenters. The predicted molar refractivity (Wildman–Crippen MR) is 117 cm³/mol. The summed E-state index contributed by atoms with van der Waals surface area (Å²) in [4.78, 5) is 12.2. The highest BCUT2D eigenvalue weighted by Crippen LogP contribution is 2.22. The van der Waals surface area contributed by atoms with Gasteiger partial charge < -0.3 is 9.88 Å². The summed E-state index contributed by atoms with van der Waals surface area (Å²) in [6, 6.07) is 12.4. The summed E-state index contributed by atoms with van der Waals surface area (Å²) < 4.78 is 28.6. The van der Waals surface area contributed by atoms with E-state index in [-0.39, 0.29) is 23.2 Å². The summed E-state index contributed by atoms with van der Waals surface area (Å²) in [5, 5.41) is 11.6. The summed E-state index contributed by atoms with van der Waals surface area (Å²) in [7, 11) is 0. The highest BCUT2D eigenvalue weighted by molar-refractivity contribution is 7.99. The van der Waals surface area contributed by atoms with E-state index in [0.717, 1.165) is 17.1 Å². The van der Waals surface area contributed by atoms with Crippen molar-refractivity contribution in [3.05, 3.63) is 84.2 Å². The molecule has 1 N–H and O–H groups in total. The van der Waals surface area contributed by atoms with E-state index in [1.54, 1.807) is 42.1 Å². The van der Waals surface area contributed by atoms with Crippen LogP contribution < -0.4 is 5.32 Å². The second-order valence-electron chi connectivity index (χ2n) is 6.23. The van der Waals surface area contributed by atoms with Crippen molar-refractivity contribution < 1.29 is 13.6 Å². The smallest absolute Gasteiger partial charge is 0.234 e. The van der Waals surface area contributed by atoms with Gasteiger partial charge in [0.15, 0.2) is 5.16 Å². The number of nitrogens with one attached hydrogen (secondary N) is 1. The molecule has 0 atom stereocenters. The van der Waals surface area contributed by atoms with Gasteiger partial charge in [-0.1, -0.05) is 42.1 Å². The van der Waals surface area contributed by atoms with Crippen molar-refractivity contribution in [1.29, 1.82) is 0 Å². The molecule has 3 rings (SSSR count). The van der Waals surface area contributed by atoms with E-state index in [9.17, 15) is 13.6 Å². The van der Waals surface area contributed by atoms with E-state index in [0.29, 0.717) is 17.5 Å². The molecule has 0 fully saturated rings. The summed E-state index contributed by atoms with van der Waals surface area (Å²) in [6.45, 7) is 4.28. The molecule has 1 heterocycles. The minimum absolute atomic E-state index is 0.0757. The summed E-state index contributed by atoms with van der Waals surface area (Å²) in [5.41, 5.74) is 1.17. The van der Waals surface area contributed by atoms with E-state index in [1.165, 1.54) is 36.0 Å². The van der Waals surface area contributed by atoms with Crippen molar-refractivity contribution in [1.82, 2.24) is 14.8 Å². The first-order chi connectivity index (χ1) is 14.6. The number of amides is 1. The molecule has 156 valence electrons. The number of halogens is 2. The number of anilines is 1. The number of carbonyl (C=O) groups is 1. The van der Waals surface area contributed by atoms with Gasteiger partial charge in [-0.3, -0.25) is 4.79 Å². The number of thioether (sulfide) groups is 2. The topological polar surface area (TPSA) is 59.8 Å². The monoisotopic (exact) mass is 446 g/mol. The molecule has 30 heavy (non-hydrogen) atoms. The molecule has 0 saturated heterocycles. The van der Waals surface area contributed by atoms with E-state index in [1.807, 2.05) is 4.57 Å². The lowest BCUT2D eigenvalue weighted by Gasteiger charge is -2.08. The highest BCUT2D eigenvalue weighted by atomic mass is 32.2. The summed E-state index contributed by atoms with van der Waals surface area (Å²) in [5.74, 6) is 1.10. The fourth-order valence-electron chi connectivity index (χ4n) is 2.56. The molecule has 0 aliphatic heterocycles. The van der Waals surface area contributed by atoms with Gasteiger partial charge in [0.25, 0.3) is 0 Å². The van der Waals surface area contributed by atoms with Crippen LogP contribution in [0.25, 0.3) is 0 Å². The summed E-state index contributed by atoms with van der Waals surface area (Å²) >= 11 is 2.86. The van der Waals surface area contributed by atoms with Gasteiger partial charge in [0.2, 0.25) is 5.91 Å². The Morgan fingerprint density at radius 1 is 1.10 bits per heavy atom. The number of rotatable bonds is 10. The third-order valence-electron chi connectivity index (χ3n) is 4.00. The molecule has 3 aromatic rings. The Hall–Kier alpha value is -2.65. The third kappa shape index (κ3) is 6.17. The van der Waals surface area contributed by atoms with Crippen LogP contribution in [0.15, 0.2) is 66.3 Å². The normalized spacial score (nSPS) is 10.7. The maximum atomic E-state index is 13.7. The molecule has 2 aromatic carbocycles. The number of benzene rings is 2. The van der Waals surface area contributed by atoms with Crippen LogP contribution >= 0.6 is 23.5 Å². The Bertz CT molecular complexity index is 1010. The van der Waals surface area contributed by atoms with Crippen LogP contribution in [0.1, 0.15) is 11.4 Å². The van der Waals surface area contributed by atoms with E-state index >= 15 is 0 Å². The van der Waals surface area contributed by atoms with Gasteiger partial charge in [-0.25, -0.2) is 8.78 Å². The third-order valence-corrected chi connectivity index (χ3v) is 5.97. The van der Waals surface area contributed by atoms with Crippen molar-refractivity contribution in [2.45, 2.75) is 23.2 Å². The molecule has 0 bridgehead atoms. The van der Waals surface area contributed by atoms with Crippen molar-refractivity contribution in [3.8, 4) is 0 Å². The SMILES string of the molecule is C=CCn1c(CSCc2ccc(F)cc2)nnc1SCC(=O)Nc1ccccc1F. The van der Waals surface area contributed by atoms with Crippen LogP contribution in [0.2, 0.25) is 0 Å². The van der Waals surface area contributed by atoms with Crippen LogP contribution in [0, 0.1) is 11.6 Å². The van der Waals surface area contributed by atoms with Crippen LogP contribution in [0.5, 0.6) is 0 Å². The van der Waals surface area contributed by atoms with E-state index in [2.05, 4.69) is 22.1 Å². The Balaban J connectivity index is 1.56. The fraction of sp³-hybridized carbons (Fsp3) is 0.190. The van der Waals surface area contributed by atoms with Crippen LogP contribution in [0.3, 0.4) is 0 Å². The first-order valence-corrected chi connectivity index (χ1v) is 11.2. The Morgan fingerprint density at radius 2 is 1.87 bits per heavy atom. The highest BCUT2D eigenvalue weighted by Gasteiger charge is 2.14. The zero-order valence-corrected chi connectivity index (χ0v) is 17.7. The number of para-hydroxylation sites is 1. The number of hydrogen-bond donors (Lipinski definition) is 1. The van der Waals surface area contributed by atoms with Gasteiger partial charge in [0.05, 0.1) is 17.2 Å². The van der Waals surface area contributed by atoms with Crippen LogP contribution in [-0.2, 0) is 22.8 Å². The number of hydrogen-bond acceptors (Lipinski definition) is 5.